The second-order valence-electron chi connectivity index (χ2n) is 3.51. The quantitative estimate of drug-likeness (QED) is 0.860. The lowest BCUT2D eigenvalue weighted by molar-refractivity contribution is 0.420. The minimum absolute atomic E-state index is 0.311. The van der Waals surface area contributed by atoms with Crippen LogP contribution in [0.3, 0.4) is 0 Å². The molecule has 2 aromatic rings. The van der Waals surface area contributed by atoms with Gasteiger partial charge in [-0.25, -0.2) is 4.39 Å². The third kappa shape index (κ3) is 2.09. The monoisotopic (exact) mass is 221 g/mol. The first-order valence-electron chi connectivity index (χ1n) is 4.94. The molecule has 0 amide bonds. The molecule has 0 aliphatic rings. The van der Waals surface area contributed by atoms with Crippen molar-refractivity contribution in [3.63, 3.8) is 0 Å². The van der Waals surface area contributed by atoms with E-state index in [0.29, 0.717) is 23.8 Å². The van der Waals surface area contributed by atoms with Crippen LogP contribution in [-0.4, -0.2) is 17.2 Å². The fraction of sp³-hybridized carbons (Fsp3) is 0.273. The molecule has 0 aliphatic heterocycles. The number of hydrogen-bond acceptors (Lipinski definition) is 4. The van der Waals surface area contributed by atoms with Crippen LogP contribution < -0.4 is 5.32 Å². The zero-order valence-electron chi connectivity index (χ0n) is 9.12. The topological polar surface area (TPSA) is 51.0 Å². The van der Waals surface area contributed by atoms with E-state index in [9.17, 15) is 4.39 Å². The smallest absolute Gasteiger partial charge is 0.258 e. The maximum atomic E-state index is 13.1. The molecule has 0 bridgehead atoms. The molecular formula is C11H12FN3O. The normalized spacial score (nSPS) is 10.7. The van der Waals surface area contributed by atoms with Crippen molar-refractivity contribution in [2.45, 2.75) is 13.5 Å². The third-order valence-corrected chi connectivity index (χ3v) is 2.23. The van der Waals surface area contributed by atoms with Gasteiger partial charge in [0.15, 0.2) is 5.82 Å². The first-order valence-corrected chi connectivity index (χ1v) is 4.94. The Kier molecular flexibility index (Phi) is 2.96. The first kappa shape index (κ1) is 10.8. The minimum atomic E-state index is -0.311. The lowest BCUT2D eigenvalue weighted by atomic mass is 10.1. The molecule has 16 heavy (non-hydrogen) atoms. The summed E-state index contributed by atoms with van der Waals surface area (Å²) in [6.45, 7) is 2.40. The molecule has 0 spiro atoms. The summed E-state index contributed by atoms with van der Waals surface area (Å²) in [7, 11) is 1.80. The molecule has 1 N–H and O–H groups in total. The molecule has 1 heterocycles. The van der Waals surface area contributed by atoms with Gasteiger partial charge in [-0.3, -0.25) is 0 Å². The van der Waals surface area contributed by atoms with Crippen LogP contribution in [0.2, 0.25) is 0 Å². The summed E-state index contributed by atoms with van der Waals surface area (Å²) in [6, 6.07) is 4.49. The van der Waals surface area contributed by atoms with Gasteiger partial charge in [0.05, 0.1) is 6.54 Å². The van der Waals surface area contributed by atoms with Crippen LogP contribution >= 0.6 is 0 Å². The van der Waals surface area contributed by atoms with Crippen molar-refractivity contribution in [2.24, 2.45) is 0 Å². The van der Waals surface area contributed by atoms with Gasteiger partial charge in [0, 0.05) is 5.56 Å². The molecule has 2 rings (SSSR count). The predicted molar refractivity (Wildman–Crippen MR) is 57.2 cm³/mol. The van der Waals surface area contributed by atoms with Gasteiger partial charge >= 0.3 is 0 Å². The fourth-order valence-electron chi connectivity index (χ4n) is 1.42. The van der Waals surface area contributed by atoms with Crippen LogP contribution in [0.4, 0.5) is 4.39 Å². The summed E-state index contributed by atoms with van der Waals surface area (Å²) in [5.41, 5.74) is 1.54. The van der Waals surface area contributed by atoms with Crippen LogP contribution in [-0.2, 0) is 6.54 Å². The number of aryl methyl sites for hydroxylation is 1. The van der Waals surface area contributed by atoms with Crippen molar-refractivity contribution >= 4 is 0 Å². The van der Waals surface area contributed by atoms with Gasteiger partial charge in [-0.15, -0.1) is 0 Å². The van der Waals surface area contributed by atoms with Crippen molar-refractivity contribution in [2.75, 3.05) is 7.05 Å². The average Bonchev–Trinajstić information content (AvgIpc) is 2.71. The molecule has 84 valence electrons. The van der Waals surface area contributed by atoms with Crippen molar-refractivity contribution < 1.29 is 8.91 Å². The SMILES string of the molecule is CNCc1noc(-c2cc(F)ccc2C)n1. The Hall–Kier alpha value is -1.75. The highest BCUT2D eigenvalue weighted by Crippen LogP contribution is 2.22. The van der Waals surface area contributed by atoms with Gasteiger partial charge in [0.1, 0.15) is 5.82 Å². The van der Waals surface area contributed by atoms with Gasteiger partial charge in [0.25, 0.3) is 5.89 Å². The summed E-state index contributed by atoms with van der Waals surface area (Å²) < 4.78 is 18.2. The maximum Gasteiger partial charge on any atom is 0.258 e. The summed E-state index contributed by atoms with van der Waals surface area (Å²) in [5.74, 6) is 0.595. The van der Waals surface area contributed by atoms with Crippen LogP contribution in [0.1, 0.15) is 11.4 Å². The summed E-state index contributed by atoms with van der Waals surface area (Å²) in [4.78, 5) is 4.17. The van der Waals surface area contributed by atoms with E-state index in [1.807, 2.05) is 6.92 Å². The van der Waals surface area contributed by atoms with E-state index in [4.69, 9.17) is 4.52 Å². The predicted octanol–water partition coefficient (Wildman–Crippen LogP) is 1.90. The van der Waals surface area contributed by atoms with E-state index in [0.717, 1.165) is 5.56 Å². The van der Waals surface area contributed by atoms with Gasteiger partial charge in [-0.1, -0.05) is 11.2 Å². The van der Waals surface area contributed by atoms with Crippen molar-refractivity contribution in [1.82, 2.24) is 15.5 Å². The average molecular weight is 221 g/mol. The third-order valence-electron chi connectivity index (χ3n) is 2.23. The van der Waals surface area contributed by atoms with Crippen molar-refractivity contribution in [1.29, 1.82) is 0 Å². The van der Waals surface area contributed by atoms with Crippen LogP contribution in [0.15, 0.2) is 22.7 Å². The Morgan fingerprint density at radius 2 is 2.25 bits per heavy atom. The lowest BCUT2D eigenvalue weighted by Crippen LogP contribution is -2.06. The fourth-order valence-corrected chi connectivity index (χ4v) is 1.42. The molecular weight excluding hydrogens is 209 g/mol. The zero-order valence-corrected chi connectivity index (χ0v) is 9.12. The maximum absolute atomic E-state index is 13.1. The Balaban J connectivity index is 2.38. The zero-order chi connectivity index (χ0) is 11.5. The molecule has 0 fully saturated rings. The molecule has 0 unspecified atom stereocenters. The largest absolute Gasteiger partial charge is 0.334 e. The highest BCUT2D eigenvalue weighted by Gasteiger charge is 2.11. The Morgan fingerprint density at radius 3 is 3.00 bits per heavy atom. The Bertz CT molecular complexity index is 496. The number of benzene rings is 1. The van der Waals surface area contributed by atoms with E-state index in [1.54, 1.807) is 13.1 Å². The number of nitrogens with one attached hydrogen (secondary N) is 1. The van der Waals surface area contributed by atoms with E-state index >= 15 is 0 Å². The molecule has 0 radical (unpaired) electrons. The second kappa shape index (κ2) is 4.40. The summed E-state index contributed by atoms with van der Waals surface area (Å²) in [5, 5.41) is 6.70. The number of rotatable bonds is 3. The van der Waals surface area contributed by atoms with Gasteiger partial charge in [0.2, 0.25) is 0 Å². The number of halogens is 1. The van der Waals surface area contributed by atoms with Crippen LogP contribution in [0, 0.1) is 12.7 Å². The molecule has 1 aromatic carbocycles. The molecule has 0 saturated carbocycles. The molecule has 0 saturated heterocycles. The molecule has 4 nitrogen and oxygen atoms in total. The van der Waals surface area contributed by atoms with Crippen LogP contribution in [0.25, 0.3) is 11.5 Å². The number of aromatic nitrogens is 2. The van der Waals surface area contributed by atoms with E-state index < -0.39 is 0 Å². The number of hydrogen-bond donors (Lipinski definition) is 1. The Labute approximate surface area is 92.5 Å². The molecule has 0 atom stereocenters. The second-order valence-corrected chi connectivity index (χ2v) is 3.51. The highest BCUT2D eigenvalue weighted by molar-refractivity contribution is 5.57. The van der Waals surface area contributed by atoms with Gasteiger partial charge in [-0.2, -0.15) is 4.98 Å². The highest BCUT2D eigenvalue weighted by atomic mass is 19.1. The van der Waals surface area contributed by atoms with Crippen LogP contribution in [0.5, 0.6) is 0 Å². The number of nitrogens with zero attached hydrogens (tertiary/aromatic N) is 2. The summed E-state index contributed by atoms with van der Waals surface area (Å²) >= 11 is 0. The lowest BCUT2D eigenvalue weighted by Gasteiger charge is -1.99. The molecule has 5 heteroatoms. The molecule has 1 aromatic heterocycles. The summed E-state index contributed by atoms with van der Waals surface area (Å²) in [6.07, 6.45) is 0. The molecule has 0 aliphatic carbocycles. The van der Waals surface area contributed by atoms with Crippen molar-refractivity contribution in [3.05, 3.63) is 35.4 Å². The van der Waals surface area contributed by atoms with E-state index in [2.05, 4.69) is 15.5 Å². The standard InChI is InChI=1S/C11H12FN3O/c1-7-3-4-8(12)5-9(7)11-14-10(6-13-2)15-16-11/h3-5,13H,6H2,1-2H3. The minimum Gasteiger partial charge on any atom is -0.334 e. The van der Waals surface area contributed by atoms with E-state index in [1.165, 1.54) is 12.1 Å². The van der Waals surface area contributed by atoms with E-state index in [-0.39, 0.29) is 5.82 Å². The van der Waals surface area contributed by atoms with Crippen molar-refractivity contribution in [3.8, 4) is 11.5 Å². The van der Waals surface area contributed by atoms with Gasteiger partial charge in [-0.05, 0) is 31.7 Å². The van der Waals surface area contributed by atoms with Gasteiger partial charge < -0.3 is 9.84 Å². The first-order chi connectivity index (χ1) is 7.70. The Morgan fingerprint density at radius 1 is 1.44 bits per heavy atom.